The number of carboxylic acid groups (broad SMARTS) is 1. The van der Waals surface area contributed by atoms with Crippen molar-refractivity contribution in [3.8, 4) is 5.75 Å². The first kappa shape index (κ1) is 13.3. The third-order valence-corrected chi connectivity index (χ3v) is 4.94. The van der Waals surface area contributed by atoms with E-state index in [4.69, 9.17) is 4.74 Å². The summed E-state index contributed by atoms with van der Waals surface area (Å²) in [6, 6.07) is 5.86. The molecule has 2 rings (SSSR count). The molecular weight excluding hydrogens is 248 g/mol. The number of carboxylic acids is 1. The number of hydrogen-bond acceptors (Lipinski definition) is 3. The molecule has 1 saturated carbocycles. The van der Waals surface area contributed by atoms with Gasteiger partial charge in [0.25, 0.3) is 0 Å². The van der Waals surface area contributed by atoms with Gasteiger partial charge in [0.1, 0.15) is 10.5 Å². The number of methoxy groups -OCH3 is 1. The van der Waals surface area contributed by atoms with E-state index < -0.39 is 10.7 Å². The van der Waals surface area contributed by atoms with Gasteiger partial charge in [0, 0.05) is 4.90 Å². The summed E-state index contributed by atoms with van der Waals surface area (Å²) < 4.78 is 4.59. The van der Waals surface area contributed by atoms with Gasteiger partial charge in [-0.3, -0.25) is 4.79 Å². The fourth-order valence-corrected chi connectivity index (χ4v) is 3.85. The van der Waals surface area contributed by atoms with Crippen LogP contribution in [0.25, 0.3) is 0 Å². The summed E-state index contributed by atoms with van der Waals surface area (Å²) in [5, 5.41) is 9.45. The third kappa shape index (κ3) is 2.48. The van der Waals surface area contributed by atoms with Crippen molar-refractivity contribution in [1.29, 1.82) is 0 Å². The number of aliphatic carboxylic acids is 1. The lowest BCUT2D eigenvalue weighted by Gasteiger charge is -2.23. The Labute approximate surface area is 112 Å². The summed E-state index contributed by atoms with van der Waals surface area (Å²) in [4.78, 5) is 12.5. The molecule has 1 N–H and O–H groups in total. The molecular formula is C14H18O3S. The average Bonchev–Trinajstić information content (AvgIpc) is 2.79. The van der Waals surface area contributed by atoms with Gasteiger partial charge in [-0.2, -0.15) is 0 Å². The molecule has 0 aromatic heterocycles. The minimum Gasteiger partial charge on any atom is -0.496 e. The van der Waals surface area contributed by atoms with E-state index in [9.17, 15) is 9.90 Å². The van der Waals surface area contributed by atoms with Gasteiger partial charge in [0.05, 0.1) is 7.11 Å². The molecule has 0 bridgehead atoms. The van der Waals surface area contributed by atoms with Crippen LogP contribution < -0.4 is 4.74 Å². The van der Waals surface area contributed by atoms with Crippen LogP contribution in [0.4, 0.5) is 0 Å². The van der Waals surface area contributed by atoms with Crippen LogP contribution in [0.5, 0.6) is 5.75 Å². The molecule has 0 saturated heterocycles. The summed E-state index contributed by atoms with van der Waals surface area (Å²) in [5.41, 5.74) is 1.04. The quantitative estimate of drug-likeness (QED) is 0.906. The monoisotopic (exact) mass is 266 g/mol. The predicted molar refractivity (Wildman–Crippen MR) is 72.4 cm³/mol. The number of benzene rings is 1. The lowest BCUT2D eigenvalue weighted by atomic mass is 10.1. The van der Waals surface area contributed by atoms with E-state index >= 15 is 0 Å². The van der Waals surface area contributed by atoms with Crippen LogP contribution in [0.15, 0.2) is 23.1 Å². The molecule has 1 aromatic rings. The first-order valence-electron chi connectivity index (χ1n) is 6.14. The number of thioether (sulfide) groups is 1. The van der Waals surface area contributed by atoms with Crippen LogP contribution in [0, 0.1) is 6.92 Å². The highest BCUT2D eigenvalue weighted by atomic mass is 32.2. The Kier molecular flexibility index (Phi) is 3.85. The van der Waals surface area contributed by atoms with E-state index in [1.54, 1.807) is 7.11 Å². The maximum absolute atomic E-state index is 11.5. The van der Waals surface area contributed by atoms with Crippen molar-refractivity contribution in [1.82, 2.24) is 0 Å². The molecule has 0 amide bonds. The second kappa shape index (κ2) is 5.22. The summed E-state index contributed by atoms with van der Waals surface area (Å²) in [6.45, 7) is 1.98. The van der Waals surface area contributed by atoms with E-state index in [2.05, 4.69) is 0 Å². The van der Waals surface area contributed by atoms with Crippen molar-refractivity contribution in [2.45, 2.75) is 42.2 Å². The number of carbonyl (C=O) groups is 1. The molecule has 0 atom stereocenters. The molecule has 0 aliphatic heterocycles. The Morgan fingerprint density at radius 3 is 2.56 bits per heavy atom. The van der Waals surface area contributed by atoms with E-state index in [0.29, 0.717) is 0 Å². The van der Waals surface area contributed by atoms with E-state index in [1.807, 2.05) is 25.1 Å². The zero-order valence-corrected chi connectivity index (χ0v) is 11.5. The number of rotatable bonds is 4. The Hall–Kier alpha value is -1.16. The Balaban J connectivity index is 2.22. The van der Waals surface area contributed by atoms with Crippen LogP contribution in [0.2, 0.25) is 0 Å². The van der Waals surface area contributed by atoms with E-state index in [-0.39, 0.29) is 0 Å². The molecule has 1 aliphatic rings. The maximum atomic E-state index is 11.5. The molecule has 1 fully saturated rings. The molecule has 0 unspecified atom stereocenters. The van der Waals surface area contributed by atoms with Crippen molar-refractivity contribution in [3.05, 3.63) is 23.8 Å². The molecule has 1 aromatic carbocycles. The van der Waals surface area contributed by atoms with Crippen molar-refractivity contribution in [3.63, 3.8) is 0 Å². The predicted octanol–water partition coefficient (Wildman–Crippen LogP) is 3.49. The topological polar surface area (TPSA) is 46.5 Å². The van der Waals surface area contributed by atoms with Crippen LogP contribution in [-0.4, -0.2) is 22.9 Å². The molecule has 0 heterocycles. The van der Waals surface area contributed by atoms with Crippen molar-refractivity contribution in [2.24, 2.45) is 0 Å². The van der Waals surface area contributed by atoms with Gasteiger partial charge in [0.15, 0.2) is 0 Å². The third-order valence-electron chi connectivity index (χ3n) is 3.48. The van der Waals surface area contributed by atoms with E-state index in [1.165, 1.54) is 11.8 Å². The minimum atomic E-state index is -0.682. The number of ether oxygens (including phenoxy) is 1. The second-order valence-corrected chi connectivity index (χ2v) is 6.20. The average molecular weight is 266 g/mol. The fraction of sp³-hybridized carbons (Fsp3) is 0.500. The van der Waals surface area contributed by atoms with Crippen molar-refractivity contribution < 1.29 is 14.6 Å². The molecule has 3 nitrogen and oxygen atoms in total. The van der Waals surface area contributed by atoms with Crippen molar-refractivity contribution in [2.75, 3.05) is 7.11 Å². The lowest BCUT2D eigenvalue weighted by molar-refractivity contribution is -0.139. The Morgan fingerprint density at radius 2 is 2.06 bits per heavy atom. The summed E-state index contributed by atoms with van der Waals surface area (Å²) in [5.74, 6) is 0.161. The van der Waals surface area contributed by atoms with Gasteiger partial charge in [0.2, 0.25) is 0 Å². The van der Waals surface area contributed by atoms with Crippen molar-refractivity contribution >= 4 is 17.7 Å². The molecule has 0 spiro atoms. The maximum Gasteiger partial charge on any atom is 0.320 e. The lowest BCUT2D eigenvalue weighted by Crippen LogP contribution is -2.31. The summed E-state index contributed by atoms with van der Waals surface area (Å²) >= 11 is 1.49. The smallest absolute Gasteiger partial charge is 0.320 e. The number of aryl methyl sites for hydroxylation is 1. The molecule has 0 radical (unpaired) electrons. The SMILES string of the molecule is COc1ccc(SC2(C(=O)O)CCCC2)cc1C. The van der Waals surface area contributed by atoms with Gasteiger partial charge in [-0.05, 0) is 43.5 Å². The van der Waals surface area contributed by atoms with Crippen LogP contribution in [0.1, 0.15) is 31.2 Å². The Bertz CT molecular complexity index is 450. The first-order valence-corrected chi connectivity index (χ1v) is 6.96. The standard InChI is InChI=1S/C14H18O3S/c1-10-9-11(5-6-12(10)17-2)18-14(13(15)16)7-3-4-8-14/h5-6,9H,3-4,7-8H2,1-2H3,(H,15,16). The van der Waals surface area contributed by atoms with Crippen LogP contribution in [0.3, 0.4) is 0 Å². The minimum absolute atomic E-state index is 0.624. The van der Waals surface area contributed by atoms with Crippen LogP contribution in [-0.2, 0) is 4.79 Å². The zero-order chi connectivity index (χ0) is 13.2. The Morgan fingerprint density at radius 1 is 1.39 bits per heavy atom. The van der Waals surface area contributed by atoms with E-state index in [0.717, 1.165) is 41.9 Å². The zero-order valence-electron chi connectivity index (χ0n) is 10.7. The summed E-state index contributed by atoms with van der Waals surface area (Å²) in [6.07, 6.45) is 3.54. The normalized spacial score (nSPS) is 17.7. The number of hydrogen-bond donors (Lipinski definition) is 1. The highest BCUT2D eigenvalue weighted by Gasteiger charge is 2.42. The highest BCUT2D eigenvalue weighted by molar-refractivity contribution is 8.01. The largest absolute Gasteiger partial charge is 0.496 e. The summed E-state index contributed by atoms with van der Waals surface area (Å²) in [7, 11) is 1.64. The molecule has 98 valence electrons. The van der Waals surface area contributed by atoms with Gasteiger partial charge >= 0.3 is 5.97 Å². The van der Waals surface area contributed by atoms with Gasteiger partial charge in [-0.15, -0.1) is 11.8 Å². The van der Waals surface area contributed by atoms with Crippen LogP contribution >= 0.6 is 11.8 Å². The molecule has 18 heavy (non-hydrogen) atoms. The second-order valence-electron chi connectivity index (χ2n) is 4.74. The first-order chi connectivity index (χ1) is 8.57. The van der Waals surface area contributed by atoms with Gasteiger partial charge < -0.3 is 9.84 Å². The highest BCUT2D eigenvalue weighted by Crippen LogP contribution is 2.46. The molecule has 1 aliphatic carbocycles. The molecule has 4 heteroatoms. The fourth-order valence-electron chi connectivity index (χ4n) is 2.45. The van der Waals surface area contributed by atoms with Gasteiger partial charge in [-0.1, -0.05) is 12.8 Å². The van der Waals surface area contributed by atoms with Gasteiger partial charge in [-0.25, -0.2) is 0 Å².